The lowest BCUT2D eigenvalue weighted by atomic mass is 9.33. The molecular formula is C90H60BN3. The molecule has 3 heterocycles. The Kier molecular flexibility index (Phi) is 13.3. The number of rotatable bonds is 11. The summed E-state index contributed by atoms with van der Waals surface area (Å²) >= 11 is 0. The van der Waals surface area contributed by atoms with Gasteiger partial charge in [0.15, 0.2) is 0 Å². The molecule has 3 nitrogen and oxygen atoms in total. The molecule has 0 unspecified atom stereocenters. The van der Waals surface area contributed by atoms with Crippen LogP contribution in [0.3, 0.4) is 0 Å². The van der Waals surface area contributed by atoms with E-state index in [0.29, 0.717) is 0 Å². The average Bonchev–Trinajstić information content (AvgIpc) is 0.856. The van der Waals surface area contributed by atoms with E-state index in [2.05, 4.69) is 378 Å². The highest BCUT2D eigenvalue weighted by Gasteiger charge is 2.44. The maximum Gasteiger partial charge on any atom is 0.252 e. The minimum atomic E-state index is -0.203. The van der Waals surface area contributed by atoms with Crippen molar-refractivity contribution in [1.29, 1.82) is 0 Å². The zero-order valence-electron chi connectivity index (χ0n) is 51.6. The Morgan fingerprint density at radius 3 is 0.851 bits per heavy atom. The van der Waals surface area contributed by atoms with Crippen molar-refractivity contribution in [3.63, 3.8) is 0 Å². The van der Waals surface area contributed by atoms with Crippen molar-refractivity contribution in [3.05, 3.63) is 364 Å². The Balaban J connectivity index is 0.905. The summed E-state index contributed by atoms with van der Waals surface area (Å²) in [5, 5.41) is 2.41. The maximum atomic E-state index is 2.55. The van der Waals surface area contributed by atoms with Crippen molar-refractivity contribution in [2.45, 2.75) is 0 Å². The van der Waals surface area contributed by atoms with E-state index in [1.807, 2.05) is 0 Å². The monoisotopic (exact) mass is 1190 g/mol. The van der Waals surface area contributed by atoms with Gasteiger partial charge in [-0.15, -0.1) is 0 Å². The van der Waals surface area contributed by atoms with Crippen molar-refractivity contribution in [2.75, 3.05) is 9.80 Å². The van der Waals surface area contributed by atoms with Gasteiger partial charge >= 0.3 is 0 Å². The number of benzene rings is 15. The van der Waals surface area contributed by atoms with Crippen LogP contribution in [-0.2, 0) is 0 Å². The Morgan fingerprint density at radius 2 is 0.479 bits per heavy atom. The fourth-order valence-corrected chi connectivity index (χ4v) is 15.0. The Labute approximate surface area is 548 Å². The number of aromatic nitrogens is 1. The minimum absolute atomic E-state index is 0.203. The van der Waals surface area contributed by atoms with E-state index in [4.69, 9.17) is 0 Å². The van der Waals surface area contributed by atoms with Crippen LogP contribution in [0.25, 0.3) is 117 Å². The maximum absolute atomic E-state index is 2.55. The van der Waals surface area contributed by atoms with Crippen LogP contribution in [0.15, 0.2) is 364 Å². The summed E-state index contributed by atoms with van der Waals surface area (Å²) in [6.07, 6.45) is 0. The number of hydrogen-bond donors (Lipinski definition) is 0. The van der Waals surface area contributed by atoms with Gasteiger partial charge in [-0.05, 0) is 166 Å². The second-order valence-electron chi connectivity index (χ2n) is 24.7. The SMILES string of the molecule is c1ccc(-c2ccc(-c3ccccc3-c3ccc4c(c3)B3c5cc(-c6ccccc6-c6ccc(-c7ccccc7)cc6)ccc5N(c5ccccc5)c5cc(-n6c7cc(-c8ccccc8)ccc7c7ccc(-c8ccccc8)cc76)cc(c53)N4c3ccccc3)cc2)cc1. The summed E-state index contributed by atoms with van der Waals surface area (Å²) in [5.41, 5.74) is 32.8. The summed E-state index contributed by atoms with van der Waals surface area (Å²) in [7, 11) is 0. The molecule has 0 N–H and O–H groups in total. The quantitative estimate of drug-likeness (QED) is 0.120. The first-order chi connectivity index (χ1) is 46.6. The standard InChI is InChI=1S/C90H60BN3/c1-7-23-61(24-8-1)65-39-43-67(44-40-65)76-35-19-21-37-78(76)71-49-53-84-82(55-71)91-83-56-72(79-38-22-20-36-77(79)68-45-41-66(42-46-68)62-25-9-2-10-26-62)50-54-85(83)93(74-33-17-6-18-34-74)89-60-75(59-88(90(89)91)92(84)73-31-15-5-16-32-73)94-86-57-69(63-27-11-3-12-28-63)47-51-80(86)81-52-48-70(58-87(81)94)64-29-13-4-14-30-64/h1-60H. The highest BCUT2D eigenvalue weighted by atomic mass is 15.2. The summed E-state index contributed by atoms with van der Waals surface area (Å²) < 4.78 is 2.55. The molecule has 15 aromatic carbocycles. The van der Waals surface area contributed by atoms with Gasteiger partial charge in [-0.1, -0.05) is 303 Å². The van der Waals surface area contributed by atoms with Crippen LogP contribution in [-0.4, -0.2) is 11.3 Å². The van der Waals surface area contributed by atoms with Gasteiger partial charge in [-0.3, -0.25) is 0 Å². The molecule has 18 rings (SSSR count). The van der Waals surface area contributed by atoms with E-state index in [1.54, 1.807) is 0 Å². The number of fused-ring (bicyclic) bond motifs is 7. The molecule has 0 aliphatic carbocycles. The van der Waals surface area contributed by atoms with E-state index >= 15 is 0 Å². The molecule has 0 fully saturated rings. The van der Waals surface area contributed by atoms with Crippen LogP contribution in [0.4, 0.5) is 34.1 Å². The van der Waals surface area contributed by atoms with Gasteiger partial charge in [0.1, 0.15) is 0 Å². The lowest BCUT2D eigenvalue weighted by Gasteiger charge is -2.44. The largest absolute Gasteiger partial charge is 0.311 e. The zero-order valence-corrected chi connectivity index (χ0v) is 51.6. The molecule has 0 spiro atoms. The Morgan fingerprint density at radius 1 is 0.191 bits per heavy atom. The lowest BCUT2D eigenvalue weighted by molar-refractivity contribution is 1.16. The van der Waals surface area contributed by atoms with Gasteiger partial charge in [0.05, 0.1) is 16.7 Å². The molecule has 2 aliphatic rings. The molecule has 1 aromatic heterocycles. The Hall–Kier alpha value is -12.2. The third-order valence-electron chi connectivity index (χ3n) is 19.4. The third kappa shape index (κ3) is 9.37. The highest BCUT2D eigenvalue weighted by molar-refractivity contribution is 7.00. The number of hydrogen-bond acceptors (Lipinski definition) is 2. The fraction of sp³-hybridized carbons (Fsp3) is 0. The lowest BCUT2D eigenvalue weighted by Crippen LogP contribution is -2.61. The van der Waals surface area contributed by atoms with E-state index in [-0.39, 0.29) is 6.71 Å². The van der Waals surface area contributed by atoms with Crippen molar-refractivity contribution in [2.24, 2.45) is 0 Å². The third-order valence-corrected chi connectivity index (χ3v) is 19.4. The molecular weight excluding hydrogens is 1130 g/mol. The van der Waals surface area contributed by atoms with Gasteiger partial charge < -0.3 is 14.4 Å². The molecule has 438 valence electrons. The predicted molar refractivity (Wildman–Crippen MR) is 398 cm³/mol. The van der Waals surface area contributed by atoms with Crippen LogP contribution in [0.2, 0.25) is 0 Å². The van der Waals surface area contributed by atoms with Crippen LogP contribution in [0.5, 0.6) is 0 Å². The molecule has 94 heavy (non-hydrogen) atoms. The number of para-hydroxylation sites is 2. The molecule has 0 saturated heterocycles. The first-order valence-electron chi connectivity index (χ1n) is 32.5. The summed E-state index contributed by atoms with van der Waals surface area (Å²) in [5.74, 6) is 0. The predicted octanol–water partition coefficient (Wildman–Crippen LogP) is 22.2. The smallest absolute Gasteiger partial charge is 0.252 e. The molecule has 2 aliphatic heterocycles. The number of anilines is 6. The normalized spacial score (nSPS) is 12.2. The first kappa shape index (κ1) is 54.7. The van der Waals surface area contributed by atoms with Crippen molar-refractivity contribution in [1.82, 2.24) is 4.57 Å². The summed E-state index contributed by atoms with van der Waals surface area (Å²) in [4.78, 5) is 5.11. The van der Waals surface area contributed by atoms with Gasteiger partial charge in [-0.25, -0.2) is 0 Å². The summed E-state index contributed by atoms with van der Waals surface area (Å²) in [6, 6.07) is 135. The van der Waals surface area contributed by atoms with Gasteiger partial charge in [0.2, 0.25) is 0 Å². The fourth-order valence-electron chi connectivity index (χ4n) is 15.0. The van der Waals surface area contributed by atoms with Crippen LogP contribution < -0.4 is 26.2 Å². The molecule has 16 aromatic rings. The molecule has 0 amide bonds. The molecule has 0 saturated carbocycles. The highest BCUT2D eigenvalue weighted by Crippen LogP contribution is 2.49. The van der Waals surface area contributed by atoms with Crippen LogP contribution >= 0.6 is 0 Å². The zero-order chi connectivity index (χ0) is 62.1. The molecule has 0 bridgehead atoms. The van der Waals surface area contributed by atoms with Crippen molar-refractivity contribution < 1.29 is 0 Å². The van der Waals surface area contributed by atoms with Crippen molar-refractivity contribution >= 4 is 79.0 Å². The van der Waals surface area contributed by atoms with E-state index in [1.165, 1.54) is 105 Å². The van der Waals surface area contributed by atoms with E-state index < -0.39 is 0 Å². The topological polar surface area (TPSA) is 11.4 Å². The summed E-state index contributed by atoms with van der Waals surface area (Å²) in [6.45, 7) is -0.203. The van der Waals surface area contributed by atoms with E-state index in [0.717, 1.165) is 62.0 Å². The Bertz CT molecular complexity index is 5180. The van der Waals surface area contributed by atoms with Crippen LogP contribution in [0.1, 0.15) is 0 Å². The van der Waals surface area contributed by atoms with Gasteiger partial charge in [0, 0.05) is 44.9 Å². The second-order valence-corrected chi connectivity index (χ2v) is 24.7. The van der Waals surface area contributed by atoms with Gasteiger partial charge in [-0.2, -0.15) is 0 Å². The molecule has 0 atom stereocenters. The number of nitrogens with zero attached hydrogens (tertiary/aromatic N) is 3. The second kappa shape index (κ2) is 22.9. The van der Waals surface area contributed by atoms with Crippen LogP contribution in [0, 0.1) is 0 Å². The van der Waals surface area contributed by atoms with Gasteiger partial charge in [0.25, 0.3) is 6.71 Å². The van der Waals surface area contributed by atoms with E-state index in [9.17, 15) is 0 Å². The van der Waals surface area contributed by atoms with Crippen molar-refractivity contribution in [3.8, 4) is 94.7 Å². The molecule has 0 radical (unpaired) electrons. The minimum Gasteiger partial charge on any atom is -0.311 e. The molecule has 4 heteroatoms. The first-order valence-corrected chi connectivity index (χ1v) is 32.5. The average molecular weight is 1190 g/mol.